The number of hydrogen-bond donors (Lipinski definition) is 1. The smallest absolute Gasteiger partial charge is 0.219 e. The number of benzene rings is 2. The third-order valence-electron chi connectivity index (χ3n) is 6.64. The summed E-state index contributed by atoms with van der Waals surface area (Å²) >= 11 is 0. The lowest BCUT2D eigenvalue weighted by Gasteiger charge is -2.45. The third kappa shape index (κ3) is 4.69. The molecule has 2 N–H and O–H groups in total. The maximum Gasteiger partial charge on any atom is 0.219 e. The minimum absolute atomic E-state index is 0.171. The molecule has 1 fully saturated rings. The molecule has 7 heteroatoms. The lowest BCUT2D eigenvalue weighted by Crippen LogP contribution is -2.51. The van der Waals surface area contributed by atoms with Crippen LogP contribution in [-0.4, -0.2) is 55.7 Å². The van der Waals surface area contributed by atoms with Crippen molar-refractivity contribution in [2.75, 3.05) is 38.9 Å². The highest BCUT2D eigenvalue weighted by Crippen LogP contribution is 2.34. The molecular weight excluding hydrogens is 404 g/mol. The van der Waals surface area contributed by atoms with Crippen molar-refractivity contribution in [2.45, 2.75) is 45.4 Å². The van der Waals surface area contributed by atoms with E-state index in [1.807, 2.05) is 11.0 Å². The maximum atomic E-state index is 11.8. The predicted octanol–water partition coefficient (Wildman–Crippen LogP) is 2.95. The molecule has 2 aromatic rings. The summed E-state index contributed by atoms with van der Waals surface area (Å²) in [6.07, 6.45) is 1.98. The highest BCUT2D eigenvalue weighted by Gasteiger charge is 2.31. The van der Waals surface area contributed by atoms with Gasteiger partial charge < -0.3 is 25.0 Å². The highest BCUT2D eigenvalue weighted by molar-refractivity contribution is 5.73. The van der Waals surface area contributed by atoms with Crippen molar-refractivity contribution in [1.29, 1.82) is 0 Å². The highest BCUT2D eigenvalue weighted by atomic mass is 16.5. The van der Waals surface area contributed by atoms with E-state index in [-0.39, 0.29) is 5.91 Å². The summed E-state index contributed by atoms with van der Waals surface area (Å²) in [5.41, 5.74) is 10.9. The first-order chi connectivity index (χ1) is 15.5. The number of methoxy groups -OCH3 is 2. The summed E-state index contributed by atoms with van der Waals surface area (Å²) in [5, 5.41) is 0. The minimum Gasteiger partial charge on any atom is -0.493 e. The minimum atomic E-state index is 0.171. The molecule has 2 aliphatic heterocycles. The van der Waals surface area contributed by atoms with Gasteiger partial charge >= 0.3 is 0 Å². The van der Waals surface area contributed by atoms with Crippen molar-refractivity contribution in [3.63, 3.8) is 0 Å². The number of ether oxygens (including phenoxy) is 2. The number of carbonyl (C=O) groups excluding carboxylic acids is 1. The van der Waals surface area contributed by atoms with Gasteiger partial charge in [-0.25, -0.2) is 0 Å². The van der Waals surface area contributed by atoms with Gasteiger partial charge in [-0.2, -0.15) is 0 Å². The van der Waals surface area contributed by atoms with Gasteiger partial charge in [-0.05, 0) is 47.7 Å². The van der Waals surface area contributed by atoms with Crippen LogP contribution < -0.4 is 20.1 Å². The van der Waals surface area contributed by atoms with Gasteiger partial charge in [0.1, 0.15) is 0 Å². The second kappa shape index (κ2) is 9.79. The number of anilines is 1. The Morgan fingerprint density at radius 3 is 2.41 bits per heavy atom. The van der Waals surface area contributed by atoms with Gasteiger partial charge in [0, 0.05) is 51.4 Å². The van der Waals surface area contributed by atoms with Gasteiger partial charge in [0.15, 0.2) is 11.5 Å². The molecule has 32 heavy (non-hydrogen) atoms. The Bertz CT molecular complexity index is 956. The van der Waals surface area contributed by atoms with Gasteiger partial charge in [-0.1, -0.05) is 18.2 Å². The molecule has 1 amide bonds. The van der Waals surface area contributed by atoms with Crippen molar-refractivity contribution in [2.24, 2.45) is 5.73 Å². The van der Waals surface area contributed by atoms with Crippen LogP contribution in [0.15, 0.2) is 36.4 Å². The van der Waals surface area contributed by atoms with Crippen molar-refractivity contribution in [3.8, 4) is 11.5 Å². The van der Waals surface area contributed by atoms with Gasteiger partial charge in [-0.15, -0.1) is 0 Å². The predicted molar refractivity (Wildman–Crippen MR) is 126 cm³/mol. The summed E-state index contributed by atoms with van der Waals surface area (Å²) in [7, 11) is 3.33. The molecule has 0 spiro atoms. The molecule has 0 bridgehead atoms. The molecule has 2 aliphatic rings. The second-order valence-corrected chi connectivity index (χ2v) is 8.69. The van der Waals surface area contributed by atoms with E-state index in [0.717, 1.165) is 62.8 Å². The molecule has 4 rings (SSSR count). The first kappa shape index (κ1) is 22.4. The average molecular weight is 439 g/mol. The Morgan fingerprint density at radius 1 is 1.03 bits per heavy atom. The zero-order valence-corrected chi connectivity index (χ0v) is 19.3. The number of amides is 1. The Kier molecular flexibility index (Phi) is 6.86. The van der Waals surface area contributed by atoms with Gasteiger partial charge in [0.05, 0.1) is 20.9 Å². The molecular formula is C25H34N4O3. The number of likely N-dealkylation sites (tertiary alicyclic amines) is 1. The van der Waals surface area contributed by atoms with Crippen LogP contribution >= 0.6 is 0 Å². The van der Waals surface area contributed by atoms with Crippen LogP contribution in [0.25, 0.3) is 0 Å². The summed E-state index contributed by atoms with van der Waals surface area (Å²) in [5.74, 6) is 1.66. The van der Waals surface area contributed by atoms with E-state index in [2.05, 4.69) is 40.1 Å². The molecule has 2 aromatic carbocycles. The molecule has 1 saturated heterocycles. The lowest BCUT2D eigenvalue weighted by molar-refractivity contribution is -0.129. The van der Waals surface area contributed by atoms with Crippen LogP contribution in [0.2, 0.25) is 0 Å². The first-order valence-corrected chi connectivity index (χ1v) is 11.3. The first-order valence-electron chi connectivity index (χ1n) is 11.3. The Morgan fingerprint density at radius 2 is 1.75 bits per heavy atom. The Labute approximate surface area is 190 Å². The summed E-state index contributed by atoms with van der Waals surface area (Å²) in [6.45, 7) is 6.39. The van der Waals surface area contributed by atoms with Crippen LogP contribution in [0.4, 0.5) is 5.69 Å². The van der Waals surface area contributed by atoms with Gasteiger partial charge in [0.2, 0.25) is 5.91 Å². The molecule has 0 atom stereocenters. The lowest BCUT2D eigenvalue weighted by atomic mass is 9.98. The van der Waals surface area contributed by atoms with Crippen LogP contribution in [0.5, 0.6) is 11.5 Å². The van der Waals surface area contributed by atoms with Crippen LogP contribution in [0.3, 0.4) is 0 Å². The topological polar surface area (TPSA) is 71.3 Å². The van der Waals surface area contributed by atoms with Gasteiger partial charge in [-0.3, -0.25) is 9.69 Å². The van der Waals surface area contributed by atoms with Crippen LogP contribution in [0, 0.1) is 0 Å². The fourth-order valence-corrected chi connectivity index (χ4v) is 4.90. The molecule has 0 aromatic heterocycles. The average Bonchev–Trinajstić information content (AvgIpc) is 2.83. The van der Waals surface area contributed by atoms with E-state index < -0.39 is 0 Å². The Balaban J connectivity index is 1.57. The largest absolute Gasteiger partial charge is 0.493 e. The van der Waals surface area contributed by atoms with E-state index in [9.17, 15) is 4.79 Å². The second-order valence-electron chi connectivity index (χ2n) is 8.69. The standard InChI is InChI=1S/C25H34N4O3/c1-18(30)28-10-8-22(9-11-28)29-17-27(16-21-12-19(14-26)4-6-23(21)29)15-20-5-7-24(31-2)25(13-20)32-3/h4-7,12-13,22H,8-11,14-17,26H2,1-3H3. The molecule has 2 heterocycles. The fourth-order valence-electron chi connectivity index (χ4n) is 4.90. The summed E-state index contributed by atoms with van der Waals surface area (Å²) in [4.78, 5) is 18.7. The van der Waals surface area contributed by atoms with E-state index in [4.69, 9.17) is 15.2 Å². The molecule has 0 aliphatic carbocycles. The van der Waals surface area contributed by atoms with Crippen molar-refractivity contribution >= 4 is 11.6 Å². The number of hydrogen-bond acceptors (Lipinski definition) is 6. The normalized spacial score (nSPS) is 17.2. The SMILES string of the molecule is COc1ccc(CN2Cc3cc(CN)ccc3N(C3CCN(C(C)=O)CC3)C2)cc1OC. The number of nitrogens with zero attached hydrogens (tertiary/aromatic N) is 3. The summed E-state index contributed by atoms with van der Waals surface area (Å²) < 4.78 is 10.9. The van der Waals surface area contributed by atoms with E-state index >= 15 is 0 Å². The van der Waals surface area contributed by atoms with Crippen molar-refractivity contribution in [3.05, 3.63) is 53.1 Å². The number of carbonyl (C=O) groups is 1. The van der Waals surface area contributed by atoms with Crippen molar-refractivity contribution < 1.29 is 14.3 Å². The number of fused-ring (bicyclic) bond motifs is 1. The monoisotopic (exact) mass is 438 g/mol. The molecule has 0 unspecified atom stereocenters. The molecule has 0 saturated carbocycles. The van der Waals surface area contributed by atoms with E-state index in [0.29, 0.717) is 12.6 Å². The zero-order chi connectivity index (χ0) is 22.7. The number of nitrogens with two attached hydrogens (primary N) is 1. The van der Waals surface area contributed by atoms with E-state index in [1.54, 1.807) is 21.1 Å². The third-order valence-corrected chi connectivity index (χ3v) is 6.64. The maximum absolute atomic E-state index is 11.8. The van der Waals surface area contributed by atoms with Crippen LogP contribution in [-0.2, 0) is 24.4 Å². The molecule has 0 radical (unpaired) electrons. The number of rotatable bonds is 6. The Hall–Kier alpha value is -2.77. The fraction of sp³-hybridized carbons (Fsp3) is 0.480. The molecule has 172 valence electrons. The van der Waals surface area contributed by atoms with E-state index in [1.165, 1.54) is 16.8 Å². The van der Waals surface area contributed by atoms with Crippen molar-refractivity contribution in [1.82, 2.24) is 9.80 Å². The summed E-state index contributed by atoms with van der Waals surface area (Å²) in [6, 6.07) is 13.1. The molecule has 7 nitrogen and oxygen atoms in total. The quantitative estimate of drug-likeness (QED) is 0.748. The van der Waals surface area contributed by atoms with Crippen LogP contribution in [0.1, 0.15) is 36.5 Å². The van der Waals surface area contributed by atoms with Gasteiger partial charge in [0.25, 0.3) is 0 Å². The zero-order valence-electron chi connectivity index (χ0n) is 19.3. The number of piperidine rings is 1.